The maximum Gasteiger partial charge on any atom is 0.137 e. The summed E-state index contributed by atoms with van der Waals surface area (Å²) in [5, 5.41) is 32.5. The lowest BCUT2D eigenvalue weighted by molar-refractivity contribution is 0.475. The molecule has 0 saturated carbocycles. The fraction of sp³-hybridized carbons (Fsp3) is 0. The van der Waals surface area contributed by atoms with Gasteiger partial charge in [-0.2, -0.15) is 0 Å². The molecule has 5 aromatic carbocycles. The van der Waals surface area contributed by atoms with Crippen molar-refractivity contribution in [2.45, 2.75) is 0 Å². The maximum absolute atomic E-state index is 9.29. The van der Waals surface area contributed by atoms with Crippen LogP contribution in [0.15, 0.2) is 84.9 Å². The third-order valence-corrected chi connectivity index (χ3v) is 6.80. The fourth-order valence-electron chi connectivity index (χ4n) is 2.96. The van der Waals surface area contributed by atoms with Gasteiger partial charge in [-0.05, 0) is 34.4 Å². The Labute approximate surface area is 221 Å². The van der Waals surface area contributed by atoms with Gasteiger partial charge in [0.25, 0.3) is 0 Å². The first-order chi connectivity index (χ1) is 16.2. The van der Waals surface area contributed by atoms with Gasteiger partial charge in [0.15, 0.2) is 0 Å². The van der Waals surface area contributed by atoms with Crippen LogP contribution in [0.4, 0.5) is 0 Å². The molecule has 34 heavy (non-hydrogen) atoms. The van der Waals surface area contributed by atoms with E-state index in [0.717, 1.165) is 21.5 Å². The monoisotopic (exact) mass is 552 g/mol. The standard InChI is InChI=1S/C10H7ClO.C10H8O.C6H2Cl4O/c11-10-8-4-2-1-3-7(8)5-6-9(10)12;11-10-6-5-8-3-1-2-4-9(8)7-10;7-2-1-3(11)5(9)6(10)4(2)8/h1-6,12H;1-7,11H;1,11H. The Bertz CT molecular complexity index is 1430. The van der Waals surface area contributed by atoms with E-state index >= 15 is 0 Å². The number of hydrogen-bond donors (Lipinski definition) is 3. The normalized spacial score (nSPS) is 10.3. The van der Waals surface area contributed by atoms with E-state index in [4.69, 9.17) is 68.2 Å². The third kappa shape index (κ3) is 6.32. The minimum absolute atomic E-state index is 0.0149. The van der Waals surface area contributed by atoms with Crippen LogP contribution in [-0.2, 0) is 0 Å². The van der Waals surface area contributed by atoms with Crippen LogP contribution in [0.5, 0.6) is 17.2 Å². The first-order valence-corrected chi connectivity index (χ1v) is 11.6. The number of phenols is 3. The average Bonchev–Trinajstić information content (AvgIpc) is 2.85. The van der Waals surface area contributed by atoms with E-state index < -0.39 is 0 Å². The summed E-state index contributed by atoms with van der Waals surface area (Å²) in [5.41, 5.74) is 0. The molecule has 3 nitrogen and oxygen atoms in total. The molecule has 174 valence electrons. The van der Waals surface area contributed by atoms with E-state index in [9.17, 15) is 5.11 Å². The predicted molar refractivity (Wildman–Crippen MR) is 144 cm³/mol. The maximum atomic E-state index is 9.29. The van der Waals surface area contributed by atoms with Gasteiger partial charge in [0.05, 0.1) is 20.1 Å². The molecule has 0 aliphatic rings. The van der Waals surface area contributed by atoms with Gasteiger partial charge in [0.2, 0.25) is 0 Å². The molecule has 0 saturated heterocycles. The number of rotatable bonds is 0. The Morgan fingerprint density at radius 3 is 1.74 bits per heavy atom. The van der Waals surface area contributed by atoms with Crippen LogP contribution in [0, 0.1) is 0 Å². The van der Waals surface area contributed by atoms with Gasteiger partial charge in [-0.1, -0.05) is 119 Å². The molecule has 0 atom stereocenters. The molecule has 0 radical (unpaired) electrons. The van der Waals surface area contributed by atoms with E-state index in [1.165, 1.54) is 6.07 Å². The van der Waals surface area contributed by atoms with E-state index in [-0.39, 0.29) is 31.6 Å². The van der Waals surface area contributed by atoms with Crippen molar-refractivity contribution >= 4 is 79.5 Å². The second-order valence-corrected chi connectivity index (χ2v) is 8.89. The van der Waals surface area contributed by atoms with Crippen molar-refractivity contribution < 1.29 is 15.3 Å². The van der Waals surface area contributed by atoms with Crippen LogP contribution in [0.3, 0.4) is 0 Å². The van der Waals surface area contributed by atoms with Crippen LogP contribution in [0.1, 0.15) is 0 Å². The van der Waals surface area contributed by atoms with Crippen molar-refractivity contribution in [1.29, 1.82) is 0 Å². The van der Waals surface area contributed by atoms with Crippen LogP contribution >= 0.6 is 58.0 Å². The summed E-state index contributed by atoms with van der Waals surface area (Å²) in [6.07, 6.45) is 0. The molecule has 0 spiro atoms. The summed E-state index contributed by atoms with van der Waals surface area (Å²) < 4.78 is 0. The van der Waals surface area contributed by atoms with Gasteiger partial charge in [-0.3, -0.25) is 0 Å². The number of phenolic OH excluding ortho intramolecular Hbond substituents is 3. The molecule has 5 rings (SSSR count). The van der Waals surface area contributed by atoms with Crippen LogP contribution in [0.2, 0.25) is 25.1 Å². The Morgan fingerprint density at radius 2 is 1.03 bits per heavy atom. The lowest BCUT2D eigenvalue weighted by atomic mass is 10.1. The summed E-state index contributed by atoms with van der Waals surface area (Å²) >= 11 is 28.1. The lowest BCUT2D eigenvalue weighted by Crippen LogP contribution is -1.75. The van der Waals surface area contributed by atoms with Crippen molar-refractivity contribution in [3.63, 3.8) is 0 Å². The van der Waals surface area contributed by atoms with Gasteiger partial charge in [-0.15, -0.1) is 0 Å². The second kappa shape index (κ2) is 11.7. The van der Waals surface area contributed by atoms with E-state index in [0.29, 0.717) is 10.8 Å². The van der Waals surface area contributed by atoms with Gasteiger partial charge < -0.3 is 15.3 Å². The average molecular weight is 555 g/mol. The first-order valence-electron chi connectivity index (χ1n) is 9.75. The molecule has 0 heterocycles. The zero-order chi connectivity index (χ0) is 24.8. The highest BCUT2D eigenvalue weighted by Crippen LogP contribution is 2.41. The van der Waals surface area contributed by atoms with Crippen molar-refractivity contribution in [3.8, 4) is 17.2 Å². The van der Waals surface area contributed by atoms with E-state index in [2.05, 4.69) is 0 Å². The summed E-state index contributed by atoms with van der Waals surface area (Å²) in [5.74, 6) is 0.283. The van der Waals surface area contributed by atoms with Crippen LogP contribution in [0.25, 0.3) is 21.5 Å². The smallest absolute Gasteiger partial charge is 0.137 e. The largest absolute Gasteiger partial charge is 0.508 e. The highest BCUT2D eigenvalue weighted by Gasteiger charge is 2.11. The van der Waals surface area contributed by atoms with Crippen molar-refractivity contribution in [2.24, 2.45) is 0 Å². The Hall–Kier alpha value is -2.53. The minimum Gasteiger partial charge on any atom is -0.508 e. The van der Waals surface area contributed by atoms with Crippen LogP contribution < -0.4 is 0 Å². The SMILES string of the molecule is Oc1cc(Cl)c(Cl)c(Cl)c1Cl.Oc1ccc2ccccc2c1.Oc1ccc2ccccc2c1Cl. The molecular formula is C26H17Cl5O3. The molecule has 0 aromatic heterocycles. The lowest BCUT2D eigenvalue weighted by Gasteiger charge is -2.02. The Balaban J connectivity index is 0.000000143. The molecule has 5 aromatic rings. The zero-order valence-corrected chi connectivity index (χ0v) is 21.1. The topological polar surface area (TPSA) is 60.7 Å². The second-order valence-electron chi connectivity index (χ2n) is 6.97. The molecular weight excluding hydrogens is 538 g/mol. The van der Waals surface area contributed by atoms with Crippen molar-refractivity contribution in [2.75, 3.05) is 0 Å². The highest BCUT2D eigenvalue weighted by molar-refractivity contribution is 6.52. The summed E-state index contributed by atoms with van der Waals surface area (Å²) in [6.45, 7) is 0. The van der Waals surface area contributed by atoms with Crippen molar-refractivity contribution in [3.05, 3.63) is 110 Å². The number of aromatic hydroxyl groups is 3. The molecule has 0 unspecified atom stereocenters. The van der Waals surface area contributed by atoms with Crippen LogP contribution in [-0.4, -0.2) is 15.3 Å². The number of halogens is 5. The molecule has 3 N–H and O–H groups in total. The number of hydrogen-bond acceptors (Lipinski definition) is 3. The predicted octanol–water partition coefficient (Wildman–Crippen LogP) is 9.75. The van der Waals surface area contributed by atoms with E-state index in [1.54, 1.807) is 18.2 Å². The third-order valence-electron chi connectivity index (χ3n) is 4.66. The first kappa shape index (κ1) is 26.1. The molecule has 0 amide bonds. The highest BCUT2D eigenvalue weighted by atomic mass is 35.5. The minimum atomic E-state index is -0.175. The Morgan fingerprint density at radius 1 is 0.441 bits per heavy atom. The summed E-state index contributed by atoms with van der Waals surface area (Å²) in [6, 6.07) is 25.7. The molecule has 8 heteroatoms. The van der Waals surface area contributed by atoms with E-state index in [1.807, 2.05) is 60.7 Å². The molecule has 0 fully saturated rings. The number of benzene rings is 5. The number of fused-ring (bicyclic) bond motifs is 2. The fourth-order valence-corrected chi connectivity index (χ4v) is 3.99. The van der Waals surface area contributed by atoms with Gasteiger partial charge in [0.1, 0.15) is 22.3 Å². The van der Waals surface area contributed by atoms with Gasteiger partial charge in [-0.25, -0.2) is 0 Å². The van der Waals surface area contributed by atoms with Crippen molar-refractivity contribution in [1.82, 2.24) is 0 Å². The van der Waals surface area contributed by atoms with Gasteiger partial charge in [0, 0.05) is 11.5 Å². The summed E-state index contributed by atoms with van der Waals surface area (Å²) in [7, 11) is 0. The summed E-state index contributed by atoms with van der Waals surface area (Å²) in [4.78, 5) is 0. The molecule has 0 aliphatic heterocycles. The van der Waals surface area contributed by atoms with Gasteiger partial charge >= 0.3 is 0 Å². The molecule has 0 aliphatic carbocycles. The Kier molecular flexibility index (Phi) is 9.01. The zero-order valence-electron chi connectivity index (χ0n) is 17.3. The molecule has 0 bridgehead atoms. The quantitative estimate of drug-likeness (QED) is 0.132.